The molecule has 0 radical (unpaired) electrons. The van der Waals surface area contributed by atoms with Crippen molar-refractivity contribution in [3.63, 3.8) is 0 Å². The summed E-state index contributed by atoms with van der Waals surface area (Å²) in [6, 6.07) is 5.35. The highest BCUT2D eigenvalue weighted by molar-refractivity contribution is 5.88. The monoisotopic (exact) mass is 730 g/mol. The number of carbonyl (C=O) groups is 1. The van der Waals surface area contributed by atoms with E-state index in [4.69, 9.17) is 9.47 Å². The molecular formula is C36H38F2N9O6+. The van der Waals surface area contributed by atoms with E-state index in [1.54, 1.807) is 29.3 Å². The Balaban J connectivity index is 1.28. The second-order valence-corrected chi connectivity index (χ2v) is 13.3. The van der Waals surface area contributed by atoms with Crippen molar-refractivity contribution in [1.82, 2.24) is 24.4 Å². The molecule has 1 saturated heterocycles. The Hall–Kier alpha value is -6.10. The Morgan fingerprint density at radius 1 is 1.09 bits per heavy atom. The van der Waals surface area contributed by atoms with Gasteiger partial charge in [-0.05, 0) is 36.0 Å². The molecule has 1 N–H and O–H groups in total. The number of fused-ring (bicyclic) bond motifs is 1. The minimum atomic E-state index is -1.05. The molecule has 4 aromatic rings. The van der Waals surface area contributed by atoms with Crippen LogP contribution in [0.1, 0.15) is 25.3 Å². The number of likely N-dealkylation sites (N-methyl/N-ethyl adjacent to an activating group) is 1. The topological polar surface area (TPSA) is 167 Å². The average Bonchev–Trinajstić information content (AvgIpc) is 3.60. The molecule has 15 nitrogen and oxygen atoms in total. The number of nitrogens with one attached hydrogen (secondary N) is 1. The zero-order valence-electron chi connectivity index (χ0n) is 29.6. The van der Waals surface area contributed by atoms with Crippen LogP contribution in [0, 0.1) is 21.7 Å². The van der Waals surface area contributed by atoms with Gasteiger partial charge in [0.25, 0.3) is 5.56 Å². The summed E-state index contributed by atoms with van der Waals surface area (Å²) in [5, 5.41) is 14.8. The number of nitro groups is 1. The summed E-state index contributed by atoms with van der Waals surface area (Å²) in [7, 11) is 6.30. The van der Waals surface area contributed by atoms with E-state index >= 15 is 8.78 Å². The van der Waals surface area contributed by atoms with Crippen LogP contribution in [0.15, 0.2) is 76.3 Å². The van der Waals surface area contributed by atoms with Gasteiger partial charge in [-0.1, -0.05) is 4.99 Å². The van der Waals surface area contributed by atoms with E-state index in [0.717, 1.165) is 6.07 Å². The van der Waals surface area contributed by atoms with Gasteiger partial charge in [-0.15, -0.1) is 0 Å². The molecule has 276 valence electrons. The van der Waals surface area contributed by atoms with Crippen LogP contribution in [0.5, 0.6) is 11.5 Å². The second kappa shape index (κ2) is 15.2. The summed E-state index contributed by atoms with van der Waals surface area (Å²) in [5.74, 6) is -2.17. The minimum Gasteiger partial charge on any atom is -0.494 e. The lowest BCUT2D eigenvalue weighted by Gasteiger charge is -2.33. The molecule has 1 amide bonds. The van der Waals surface area contributed by atoms with E-state index in [0.29, 0.717) is 78.0 Å². The number of halogens is 2. The number of benzene rings is 1. The fourth-order valence-corrected chi connectivity index (χ4v) is 6.67. The predicted octanol–water partition coefficient (Wildman–Crippen LogP) is 4.65. The van der Waals surface area contributed by atoms with Gasteiger partial charge < -0.3 is 38.9 Å². The molecule has 0 atom stereocenters. The summed E-state index contributed by atoms with van der Waals surface area (Å²) < 4.78 is 43.7. The Bertz CT molecular complexity index is 2190. The van der Waals surface area contributed by atoms with Crippen molar-refractivity contribution in [2.75, 3.05) is 59.8 Å². The number of quaternary nitrogens is 1. The number of aliphatic imine (C=N–C) groups is 1. The number of piperidine rings is 1. The van der Waals surface area contributed by atoms with Crippen LogP contribution in [-0.2, 0) is 4.79 Å². The van der Waals surface area contributed by atoms with Crippen LogP contribution < -0.4 is 20.3 Å². The first-order valence-electron chi connectivity index (χ1n) is 16.8. The lowest BCUT2D eigenvalue weighted by Crippen LogP contribution is -2.42. The number of rotatable bonds is 12. The quantitative estimate of drug-likeness (QED) is 0.0938. The normalized spacial score (nSPS) is 15.1. The van der Waals surface area contributed by atoms with Crippen molar-refractivity contribution in [3.05, 3.63) is 98.6 Å². The van der Waals surface area contributed by atoms with Gasteiger partial charge in [-0.2, -0.15) is 0 Å². The second-order valence-electron chi connectivity index (χ2n) is 13.3. The van der Waals surface area contributed by atoms with Crippen LogP contribution in [0.3, 0.4) is 0 Å². The Morgan fingerprint density at radius 2 is 1.81 bits per heavy atom. The fourth-order valence-electron chi connectivity index (χ4n) is 6.67. The van der Waals surface area contributed by atoms with Crippen LogP contribution >= 0.6 is 0 Å². The molecule has 17 heteroatoms. The minimum absolute atomic E-state index is 0.121. The van der Waals surface area contributed by atoms with E-state index in [1.807, 2.05) is 14.1 Å². The molecule has 2 aliphatic rings. The third-order valence-corrected chi connectivity index (χ3v) is 9.26. The van der Waals surface area contributed by atoms with Crippen molar-refractivity contribution in [2.45, 2.75) is 25.3 Å². The van der Waals surface area contributed by atoms with E-state index < -0.39 is 33.7 Å². The van der Waals surface area contributed by atoms with E-state index in [-0.39, 0.29) is 28.8 Å². The number of amides is 1. The van der Waals surface area contributed by atoms with Gasteiger partial charge in [-0.3, -0.25) is 9.59 Å². The molecular weight excluding hydrogens is 692 g/mol. The van der Waals surface area contributed by atoms with Crippen molar-refractivity contribution in [1.29, 1.82) is 0 Å². The predicted molar refractivity (Wildman–Crippen MR) is 193 cm³/mol. The Kier molecular flexibility index (Phi) is 10.6. The number of aromatic nitrogens is 4. The number of hydrogen-bond donors (Lipinski definition) is 1. The lowest BCUT2D eigenvalue weighted by molar-refractivity contribution is -0.880. The van der Waals surface area contributed by atoms with Gasteiger partial charge in [0.1, 0.15) is 30.7 Å². The van der Waals surface area contributed by atoms with Crippen LogP contribution in [0.4, 0.5) is 20.4 Å². The highest BCUT2D eigenvalue weighted by Crippen LogP contribution is 2.38. The molecule has 0 bridgehead atoms. The summed E-state index contributed by atoms with van der Waals surface area (Å²) in [6.07, 6.45) is 10.4. The van der Waals surface area contributed by atoms with Gasteiger partial charge in [0.05, 0.1) is 57.1 Å². The van der Waals surface area contributed by atoms with Gasteiger partial charge in [0.2, 0.25) is 5.91 Å². The van der Waals surface area contributed by atoms with Crippen molar-refractivity contribution >= 4 is 34.7 Å². The molecule has 6 rings (SSSR count). The number of carbonyl (C=O) groups excluding carboxylic acids is 1. The molecule has 0 spiro atoms. The zero-order chi connectivity index (χ0) is 37.9. The maximum Gasteiger partial charge on any atom is 0.368 e. The molecule has 5 heterocycles. The third kappa shape index (κ3) is 7.74. The first-order chi connectivity index (χ1) is 25.4. The number of ether oxygens (including phenoxy) is 2. The standard InChI is InChI=1S/C36H37F2N9O6/c1-47(2,20-22-7-12-40-35(22)46(50)51)15-5-6-31(48)44-13-9-24(10-14-44)45-26-17-30(43-29-8-11-39-21-42-29)41-19-23(26)16-25(36(45)49)32-33(37)27(52-3)18-28(53-4)34(32)38/h5-6,8,11-12,16-19,21,24H,7,9-10,13-15,20H2,1-4H3/p+1/b6-5+. The van der Waals surface area contributed by atoms with Crippen LogP contribution in [0.25, 0.3) is 22.0 Å². The average molecular weight is 731 g/mol. The zero-order valence-corrected chi connectivity index (χ0v) is 29.6. The molecule has 3 aromatic heterocycles. The van der Waals surface area contributed by atoms with Crippen molar-refractivity contribution < 1.29 is 32.5 Å². The number of likely N-dealkylation sites (tertiary alicyclic amines) is 1. The molecule has 1 aromatic carbocycles. The molecule has 2 aliphatic heterocycles. The Labute approximate surface area is 302 Å². The summed E-state index contributed by atoms with van der Waals surface area (Å²) in [5.41, 5.74) is -0.366. The van der Waals surface area contributed by atoms with Gasteiger partial charge >= 0.3 is 5.82 Å². The molecule has 0 saturated carbocycles. The van der Waals surface area contributed by atoms with E-state index in [9.17, 15) is 19.7 Å². The maximum atomic E-state index is 15.8. The molecule has 0 unspecified atom stereocenters. The molecule has 0 aliphatic carbocycles. The van der Waals surface area contributed by atoms with Crippen molar-refractivity contribution in [3.8, 4) is 22.6 Å². The number of methoxy groups -OCH3 is 2. The number of anilines is 2. The van der Waals surface area contributed by atoms with E-state index in [1.165, 1.54) is 49.7 Å². The maximum absolute atomic E-state index is 15.8. The Morgan fingerprint density at radius 3 is 2.45 bits per heavy atom. The highest BCUT2D eigenvalue weighted by atomic mass is 19.1. The first kappa shape index (κ1) is 36.7. The summed E-state index contributed by atoms with van der Waals surface area (Å²) in [4.78, 5) is 56.6. The number of nitrogens with zero attached hydrogens (tertiary/aromatic N) is 8. The third-order valence-electron chi connectivity index (χ3n) is 9.26. The molecule has 53 heavy (non-hydrogen) atoms. The smallest absolute Gasteiger partial charge is 0.368 e. The fraction of sp³-hybridized carbons (Fsp3) is 0.333. The van der Waals surface area contributed by atoms with Crippen molar-refractivity contribution in [2.24, 2.45) is 4.99 Å². The van der Waals surface area contributed by atoms with Gasteiger partial charge in [0.15, 0.2) is 23.1 Å². The summed E-state index contributed by atoms with van der Waals surface area (Å²) >= 11 is 0. The van der Waals surface area contributed by atoms with E-state index in [2.05, 4.69) is 25.3 Å². The number of hydrogen-bond acceptors (Lipinski definition) is 11. The number of pyridine rings is 2. The van der Waals surface area contributed by atoms with Gasteiger partial charge in [0, 0.05) is 61.5 Å². The largest absolute Gasteiger partial charge is 0.494 e. The van der Waals surface area contributed by atoms with Crippen LogP contribution in [-0.4, -0.2) is 100 Å². The first-order valence-corrected chi connectivity index (χ1v) is 16.8. The summed E-state index contributed by atoms with van der Waals surface area (Å²) in [6.45, 7) is 1.48. The SMILES string of the molecule is COc1cc(OC)c(F)c(-c2cc3cnc(Nc4ccncn4)cc3n(C3CCN(C(=O)/C=C/C[N+](C)(C)CC4=C([N+](=O)[O-])N=CC4)CC3)c2=O)c1F. The van der Waals surface area contributed by atoms with Crippen LogP contribution in [0.2, 0.25) is 0 Å². The molecule has 1 fully saturated rings. The van der Waals surface area contributed by atoms with Gasteiger partial charge in [-0.25, -0.2) is 23.7 Å². The lowest BCUT2D eigenvalue weighted by atomic mass is 9.99. The highest BCUT2D eigenvalue weighted by Gasteiger charge is 2.31.